The fourth-order valence-electron chi connectivity index (χ4n) is 2.46. The van der Waals surface area contributed by atoms with Crippen molar-refractivity contribution in [2.45, 2.75) is 38.7 Å². The number of ketones is 1. The standard InChI is InChI=1S/C17H17NO3S/c1-11-6-8-12(9-7-11)16-18-13(10-22-16)17(20)21-15-5-3-2-4-14(15)19/h6-10,15H,2-5H2,1H3/t15-/m1/s1. The van der Waals surface area contributed by atoms with Gasteiger partial charge in [0.2, 0.25) is 0 Å². The molecule has 5 heteroatoms. The van der Waals surface area contributed by atoms with E-state index in [0.717, 1.165) is 23.4 Å². The zero-order chi connectivity index (χ0) is 15.5. The average Bonchev–Trinajstić information content (AvgIpc) is 3.00. The van der Waals surface area contributed by atoms with Crippen molar-refractivity contribution in [3.05, 3.63) is 40.9 Å². The molecule has 0 amide bonds. The van der Waals surface area contributed by atoms with E-state index in [2.05, 4.69) is 4.98 Å². The van der Waals surface area contributed by atoms with Gasteiger partial charge in [-0.3, -0.25) is 4.79 Å². The van der Waals surface area contributed by atoms with Crippen molar-refractivity contribution < 1.29 is 14.3 Å². The van der Waals surface area contributed by atoms with E-state index in [1.54, 1.807) is 5.38 Å². The number of rotatable bonds is 3. The Morgan fingerprint density at radius 3 is 2.77 bits per heavy atom. The summed E-state index contributed by atoms with van der Waals surface area (Å²) in [6.45, 7) is 2.02. The number of carbonyl (C=O) groups is 2. The first-order valence-electron chi connectivity index (χ1n) is 7.40. The zero-order valence-electron chi connectivity index (χ0n) is 12.4. The SMILES string of the molecule is Cc1ccc(-c2nc(C(=O)O[C@@H]3CCCCC3=O)cs2)cc1. The molecule has 22 heavy (non-hydrogen) atoms. The Hall–Kier alpha value is -2.01. The fraction of sp³-hybridized carbons (Fsp3) is 0.353. The Labute approximate surface area is 133 Å². The second-order valence-electron chi connectivity index (χ2n) is 5.51. The van der Waals surface area contributed by atoms with Crippen molar-refractivity contribution in [2.24, 2.45) is 0 Å². The molecular weight excluding hydrogens is 298 g/mol. The molecule has 1 aliphatic rings. The third kappa shape index (κ3) is 3.25. The summed E-state index contributed by atoms with van der Waals surface area (Å²) in [6, 6.07) is 7.98. The van der Waals surface area contributed by atoms with Gasteiger partial charge in [0, 0.05) is 17.4 Å². The molecule has 3 rings (SSSR count). The summed E-state index contributed by atoms with van der Waals surface area (Å²) in [5.41, 5.74) is 2.43. The molecular formula is C17H17NO3S. The van der Waals surface area contributed by atoms with E-state index in [4.69, 9.17) is 4.74 Å². The van der Waals surface area contributed by atoms with Crippen LogP contribution in [0.3, 0.4) is 0 Å². The Morgan fingerprint density at radius 1 is 1.27 bits per heavy atom. The largest absolute Gasteiger partial charge is 0.450 e. The first-order chi connectivity index (χ1) is 10.6. The topological polar surface area (TPSA) is 56.3 Å². The third-order valence-corrected chi connectivity index (χ3v) is 4.65. The van der Waals surface area contributed by atoms with Crippen LogP contribution >= 0.6 is 11.3 Å². The van der Waals surface area contributed by atoms with Crippen LogP contribution in [0.4, 0.5) is 0 Å². The van der Waals surface area contributed by atoms with Crippen molar-refractivity contribution in [2.75, 3.05) is 0 Å². The minimum absolute atomic E-state index is 0.0218. The Kier molecular flexibility index (Phi) is 4.34. The third-order valence-electron chi connectivity index (χ3n) is 3.76. The average molecular weight is 315 g/mol. The summed E-state index contributed by atoms with van der Waals surface area (Å²) in [6.07, 6.45) is 2.35. The zero-order valence-corrected chi connectivity index (χ0v) is 13.2. The second-order valence-corrected chi connectivity index (χ2v) is 6.37. The number of hydrogen-bond acceptors (Lipinski definition) is 5. The van der Waals surface area contributed by atoms with Crippen molar-refractivity contribution in [3.63, 3.8) is 0 Å². The van der Waals surface area contributed by atoms with Crippen molar-refractivity contribution in [1.82, 2.24) is 4.98 Å². The number of hydrogen-bond donors (Lipinski definition) is 0. The summed E-state index contributed by atoms with van der Waals surface area (Å²) in [5, 5.41) is 2.46. The summed E-state index contributed by atoms with van der Waals surface area (Å²) in [5.74, 6) is -0.483. The summed E-state index contributed by atoms with van der Waals surface area (Å²) >= 11 is 1.40. The Bertz CT molecular complexity index is 690. The normalized spacial score (nSPS) is 18.2. The predicted octanol–water partition coefficient (Wildman–Crippen LogP) is 3.79. The van der Waals surface area contributed by atoms with Crippen LogP contribution in [0.1, 0.15) is 41.7 Å². The van der Waals surface area contributed by atoms with Gasteiger partial charge in [-0.2, -0.15) is 0 Å². The molecule has 1 heterocycles. The smallest absolute Gasteiger partial charge is 0.358 e. The molecule has 1 fully saturated rings. The quantitative estimate of drug-likeness (QED) is 0.809. The van der Waals surface area contributed by atoms with E-state index in [0.29, 0.717) is 12.8 Å². The molecule has 114 valence electrons. The van der Waals surface area contributed by atoms with E-state index >= 15 is 0 Å². The maximum Gasteiger partial charge on any atom is 0.358 e. The van der Waals surface area contributed by atoms with Gasteiger partial charge < -0.3 is 4.74 Å². The molecule has 0 unspecified atom stereocenters. The lowest BCUT2D eigenvalue weighted by atomic mass is 9.96. The number of esters is 1. The van der Waals surface area contributed by atoms with E-state index in [1.807, 2.05) is 31.2 Å². The van der Waals surface area contributed by atoms with Crippen LogP contribution in [0.15, 0.2) is 29.6 Å². The molecule has 0 saturated heterocycles. The van der Waals surface area contributed by atoms with E-state index in [1.165, 1.54) is 16.9 Å². The molecule has 0 N–H and O–H groups in total. The molecule has 1 aliphatic carbocycles. The molecule has 4 nitrogen and oxygen atoms in total. The van der Waals surface area contributed by atoms with Crippen LogP contribution in [0.5, 0.6) is 0 Å². The summed E-state index contributed by atoms with van der Waals surface area (Å²) in [7, 11) is 0. The van der Waals surface area contributed by atoms with Gasteiger partial charge in [0.1, 0.15) is 5.01 Å². The molecule has 0 radical (unpaired) electrons. The highest BCUT2D eigenvalue weighted by Crippen LogP contribution is 2.25. The van der Waals surface area contributed by atoms with Gasteiger partial charge in [-0.25, -0.2) is 9.78 Å². The van der Waals surface area contributed by atoms with E-state index in [9.17, 15) is 9.59 Å². The molecule has 2 aromatic rings. The number of carbonyl (C=O) groups excluding carboxylic acids is 2. The minimum atomic E-state index is -0.592. The molecule has 1 saturated carbocycles. The Balaban J connectivity index is 1.71. The molecule has 1 aromatic heterocycles. The van der Waals surface area contributed by atoms with Gasteiger partial charge in [0.25, 0.3) is 0 Å². The summed E-state index contributed by atoms with van der Waals surface area (Å²) in [4.78, 5) is 28.2. The number of Topliss-reactive ketones (excluding diaryl/α,β-unsaturated/α-hetero) is 1. The van der Waals surface area contributed by atoms with Gasteiger partial charge in [0.15, 0.2) is 17.6 Å². The lowest BCUT2D eigenvalue weighted by Gasteiger charge is -2.19. The maximum absolute atomic E-state index is 12.1. The summed E-state index contributed by atoms with van der Waals surface area (Å²) < 4.78 is 5.31. The number of nitrogens with zero attached hydrogens (tertiary/aromatic N) is 1. The molecule has 0 aliphatic heterocycles. The number of ether oxygens (including phenoxy) is 1. The van der Waals surface area contributed by atoms with Gasteiger partial charge >= 0.3 is 5.97 Å². The van der Waals surface area contributed by atoms with Crippen LogP contribution < -0.4 is 0 Å². The van der Waals surface area contributed by atoms with E-state index < -0.39 is 12.1 Å². The molecule has 0 bridgehead atoms. The van der Waals surface area contributed by atoms with Crippen LogP contribution in [-0.2, 0) is 9.53 Å². The first-order valence-corrected chi connectivity index (χ1v) is 8.28. The number of aromatic nitrogens is 1. The van der Waals surface area contributed by atoms with Crippen molar-refractivity contribution >= 4 is 23.1 Å². The van der Waals surface area contributed by atoms with Crippen LogP contribution in [0.2, 0.25) is 0 Å². The van der Waals surface area contributed by atoms with E-state index in [-0.39, 0.29) is 11.5 Å². The molecule has 0 spiro atoms. The molecule has 1 atom stereocenters. The minimum Gasteiger partial charge on any atom is -0.450 e. The van der Waals surface area contributed by atoms with Crippen LogP contribution in [0, 0.1) is 6.92 Å². The lowest BCUT2D eigenvalue weighted by molar-refractivity contribution is -0.129. The number of thiazole rings is 1. The predicted molar refractivity (Wildman–Crippen MR) is 85.0 cm³/mol. The lowest BCUT2D eigenvalue weighted by Crippen LogP contribution is -2.30. The van der Waals surface area contributed by atoms with Gasteiger partial charge in [0.05, 0.1) is 0 Å². The highest BCUT2D eigenvalue weighted by molar-refractivity contribution is 7.13. The van der Waals surface area contributed by atoms with Crippen molar-refractivity contribution in [3.8, 4) is 10.6 Å². The van der Waals surface area contributed by atoms with Gasteiger partial charge in [-0.15, -0.1) is 11.3 Å². The number of benzene rings is 1. The van der Waals surface area contributed by atoms with Crippen molar-refractivity contribution in [1.29, 1.82) is 0 Å². The second kappa shape index (κ2) is 6.40. The highest BCUT2D eigenvalue weighted by atomic mass is 32.1. The Morgan fingerprint density at radius 2 is 2.05 bits per heavy atom. The van der Waals surface area contributed by atoms with Gasteiger partial charge in [-0.05, 0) is 26.2 Å². The van der Waals surface area contributed by atoms with Crippen LogP contribution in [0.25, 0.3) is 10.6 Å². The first kappa shape index (κ1) is 14.9. The monoisotopic (exact) mass is 315 g/mol. The maximum atomic E-state index is 12.1. The number of aryl methyl sites for hydroxylation is 1. The highest BCUT2D eigenvalue weighted by Gasteiger charge is 2.27. The van der Waals surface area contributed by atoms with Crippen LogP contribution in [-0.4, -0.2) is 22.8 Å². The van der Waals surface area contributed by atoms with Gasteiger partial charge in [-0.1, -0.05) is 29.8 Å². The fourth-order valence-corrected chi connectivity index (χ4v) is 3.26. The molecule has 1 aromatic carbocycles.